The van der Waals surface area contributed by atoms with Crippen molar-refractivity contribution in [3.63, 3.8) is 0 Å². The summed E-state index contributed by atoms with van der Waals surface area (Å²) in [5, 5.41) is 5.42. The van der Waals surface area contributed by atoms with E-state index in [0.29, 0.717) is 5.69 Å². The Bertz CT molecular complexity index is 910. The smallest absolute Gasteiger partial charge is 0.338 e. The lowest BCUT2D eigenvalue weighted by Crippen LogP contribution is -2.05. The van der Waals surface area contributed by atoms with Crippen molar-refractivity contribution in [2.24, 2.45) is 0 Å². The molecule has 9 heteroatoms. The molecule has 1 heterocycles. The van der Waals surface area contributed by atoms with E-state index in [9.17, 15) is 22.0 Å². The van der Waals surface area contributed by atoms with E-state index >= 15 is 0 Å². The summed E-state index contributed by atoms with van der Waals surface area (Å²) >= 11 is 0. The van der Waals surface area contributed by atoms with Gasteiger partial charge in [0.05, 0.1) is 11.3 Å². The van der Waals surface area contributed by atoms with Gasteiger partial charge in [-0.25, -0.2) is 13.8 Å². The Morgan fingerprint density at radius 1 is 0.846 bits per heavy atom. The average molecular weight is 366 g/mol. The molecule has 0 unspecified atom stereocenters. The molecule has 0 saturated heterocycles. The quantitative estimate of drug-likeness (QED) is 0.619. The second-order valence-electron chi connectivity index (χ2n) is 5.21. The number of benzene rings is 2. The van der Waals surface area contributed by atoms with Crippen molar-refractivity contribution >= 4 is 23.1 Å². The molecule has 0 amide bonds. The lowest BCUT2D eigenvalue weighted by Gasteiger charge is -2.10. The Morgan fingerprint density at radius 2 is 1.58 bits per heavy atom. The molecule has 0 spiro atoms. The van der Waals surface area contributed by atoms with Gasteiger partial charge in [-0.2, -0.15) is 18.2 Å². The molecule has 0 aliphatic heterocycles. The third-order valence-electron chi connectivity index (χ3n) is 3.32. The highest BCUT2D eigenvalue weighted by atomic mass is 19.4. The first-order valence-corrected chi connectivity index (χ1v) is 7.31. The fourth-order valence-corrected chi connectivity index (χ4v) is 2.09. The summed E-state index contributed by atoms with van der Waals surface area (Å²) in [6.07, 6.45) is -3.04. The summed E-state index contributed by atoms with van der Waals surface area (Å²) < 4.78 is 64.3. The highest BCUT2D eigenvalue weighted by molar-refractivity contribution is 5.60. The maximum atomic E-state index is 13.7. The van der Waals surface area contributed by atoms with Crippen LogP contribution in [0.15, 0.2) is 54.7 Å². The number of hydrogen-bond donors (Lipinski definition) is 2. The van der Waals surface area contributed by atoms with Gasteiger partial charge in [-0.1, -0.05) is 0 Å². The number of aromatic nitrogens is 2. The van der Waals surface area contributed by atoms with Gasteiger partial charge >= 0.3 is 6.18 Å². The molecule has 0 bridgehead atoms. The monoisotopic (exact) mass is 366 g/mol. The van der Waals surface area contributed by atoms with E-state index in [0.717, 1.165) is 24.3 Å². The summed E-state index contributed by atoms with van der Waals surface area (Å²) in [5.41, 5.74) is -0.403. The fraction of sp³-hybridized carbons (Fsp3) is 0.0588. The van der Waals surface area contributed by atoms with E-state index in [4.69, 9.17) is 0 Å². The molecule has 2 N–H and O–H groups in total. The molecule has 0 aliphatic carbocycles. The van der Waals surface area contributed by atoms with E-state index in [1.807, 2.05) is 0 Å². The Kier molecular flexibility index (Phi) is 4.70. The molecule has 0 radical (unpaired) electrons. The zero-order chi connectivity index (χ0) is 18.7. The Labute approximate surface area is 144 Å². The second-order valence-corrected chi connectivity index (χ2v) is 5.21. The standard InChI is InChI=1S/C17H11F5N4/c18-11-3-6-14(13(19)9-11)25-15-7-8-23-16(26-15)24-12-4-1-10(2-5-12)17(20,21)22/h1-9H,(H2,23,24,25,26). The fourth-order valence-electron chi connectivity index (χ4n) is 2.09. The highest BCUT2D eigenvalue weighted by Gasteiger charge is 2.29. The van der Waals surface area contributed by atoms with Crippen LogP contribution in [-0.4, -0.2) is 9.97 Å². The number of nitrogens with one attached hydrogen (secondary N) is 2. The van der Waals surface area contributed by atoms with E-state index < -0.39 is 23.4 Å². The first kappa shape index (κ1) is 17.6. The summed E-state index contributed by atoms with van der Waals surface area (Å²) in [6.45, 7) is 0. The summed E-state index contributed by atoms with van der Waals surface area (Å²) in [4.78, 5) is 8.03. The van der Waals surface area contributed by atoms with Crippen molar-refractivity contribution in [2.75, 3.05) is 10.6 Å². The van der Waals surface area contributed by atoms with E-state index in [1.54, 1.807) is 0 Å². The predicted molar refractivity (Wildman–Crippen MR) is 86.4 cm³/mol. The van der Waals surface area contributed by atoms with Gasteiger partial charge in [-0.3, -0.25) is 0 Å². The molecule has 4 nitrogen and oxygen atoms in total. The second kappa shape index (κ2) is 6.95. The molecule has 0 fully saturated rings. The zero-order valence-corrected chi connectivity index (χ0v) is 13.0. The summed E-state index contributed by atoms with van der Waals surface area (Å²) in [6, 6.07) is 8.84. The van der Waals surface area contributed by atoms with Crippen LogP contribution in [-0.2, 0) is 6.18 Å². The SMILES string of the molecule is Fc1ccc(Nc2ccnc(Nc3ccc(C(F)(F)F)cc3)n2)c(F)c1. The van der Waals surface area contributed by atoms with Crippen molar-refractivity contribution < 1.29 is 22.0 Å². The minimum Gasteiger partial charge on any atom is -0.338 e. The molecule has 134 valence electrons. The number of hydrogen-bond acceptors (Lipinski definition) is 4. The van der Waals surface area contributed by atoms with Gasteiger partial charge in [0.2, 0.25) is 5.95 Å². The number of rotatable bonds is 4. The number of anilines is 4. The van der Waals surface area contributed by atoms with Crippen molar-refractivity contribution in [3.05, 3.63) is 71.9 Å². The van der Waals surface area contributed by atoms with Crippen LogP contribution in [0.1, 0.15) is 5.56 Å². The van der Waals surface area contributed by atoms with Gasteiger partial charge in [0.25, 0.3) is 0 Å². The van der Waals surface area contributed by atoms with Crippen LogP contribution in [0.5, 0.6) is 0 Å². The largest absolute Gasteiger partial charge is 0.416 e. The van der Waals surface area contributed by atoms with Crippen LogP contribution < -0.4 is 10.6 Å². The molecule has 3 aromatic rings. The van der Waals surface area contributed by atoms with Crippen LogP contribution >= 0.6 is 0 Å². The first-order chi connectivity index (χ1) is 12.3. The van der Waals surface area contributed by atoms with Crippen LogP contribution in [0.4, 0.5) is 45.1 Å². The topological polar surface area (TPSA) is 49.8 Å². The molecule has 3 rings (SSSR count). The van der Waals surface area contributed by atoms with Crippen LogP contribution in [0.25, 0.3) is 0 Å². The third kappa shape index (κ3) is 4.24. The lowest BCUT2D eigenvalue weighted by atomic mass is 10.2. The normalized spacial score (nSPS) is 11.3. The lowest BCUT2D eigenvalue weighted by molar-refractivity contribution is -0.137. The number of alkyl halides is 3. The van der Waals surface area contributed by atoms with Crippen molar-refractivity contribution in [1.82, 2.24) is 9.97 Å². The van der Waals surface area contributed by atoms with Gasteiger partial charge in [0.15, 0.2) is 0 Å². The molecule has 1 aromatic heterocycles. The van der Waals surface area contributed by atoms with Crippen LogP contribution in [0.3, 0.4) is 0 Å². The molecule has 0 atom stereocenters. The molecule has 2 aromatic carbocycles. The maximum absolute atomic E-state index is 13.7. The minimum atomic E-state index is -4.42. The van der Waals surface area contributed by atoms with Crippen molar-refractivity contribution in [3.8, 4) is 0 Å². The molecular formula is C17H11F5N4. The van der Waals surface area contributed by atoms with Gasteiger partial charge in [-0.15, -0.1) is 0 Å². The van der Waals surface area contributed by atoms with E-state index in [1.165, 1.54) is 30.5 Å². The predicted octanol–water partition coefficient (Wildman–Crippen LogP) is 5.26. The maximum Gasteiger partial charge on any atom is 0.416 e. The minimum absolute atomic E-state index is 0.0191. The van der Waals surface area contributed by atoms with Gasteiger partial charge in [-0.05, 0) is 42.5 Å². The highest BCUT2D eigenvalue weighted by Crippen LogP contribution is 2.30. The molecule has 0 saturated carbocycles. The van der Waals surface area contributed by atoms with Gasteiger partial charge in [0.1, 0.15) is 17.5 Å². The average Bonchev–Trinajstić information content (AvgIpc) is 2.57. The van der Waals surface area contributed by atoms with Crippen LogP contribution in [0, 0.1) is 11.6 Å². The number of halogens is 5. The zero-order valence-electron chi connectivity index (χ0n) is 13.0. The Hall–Kier alpha value is -3.23. The van der Waals surface area contributed by atoms with Gasteiger partial charge < -0.3 is 10.6 Å². The molecular weight excluding hydrogens is 355 g/mol. The summed E-state index contributed by atoms with van der Waals surface area (Å²) in [5.74, 6) is -1.18. The number of nitrogens with zero attached hydrogens (tertiary/aromatic N) is 2. The Morgan fingerprint density at radius 3 is 2.23 bits per heavy atom. The molecule has 26 heavy (non-hydrogen) atoms. The van der Waals surface area contributed by atoms with Crippen LogP contribution in [0.2, 0.25) is 0 Å². The van der Waals surface area contributed by atoms with E-state index in [-0.39, 0.29) is 17.5 Å². The van der Waals surface area contributed by atoms with Gasteiger partial charge in [0, 0.05) is 18.0 Å². The van der Waals surface area contributed by atoms with E-state index in [2.05, 4.69) is 20.6 Å². The Balaban J connectivity index is 1.75. The third-order valence-corrected chi connectivity index (χ3v) is 3.32. The van der Waals surface area contributed by atoms with Crippen molar-refractivity contribution in [2.45, 2.75) is 6.18 Å². The molecule has 0 aliphatic rings. The first-order valence-electron chi connectivity index (χ1n) is 7.31. The summed E-state index contributed by atoms with van der Waals surface area (Å²) in [7, 11) is 0. The van der Waals surface area contributed by atoms with Crippen molar-refractivity contribution in [1.29, 1.82) is 0 Å².